The van der Waals surface area contributed by atoms with Crippen LogP contribution in [0, 0.1) is 11.7 Å². The highest BCUT2D eigenvalue weighted by Crippen LogP contribution is 2.23. The Bertz CT molecular complexity index is 1200. The number of Topliss-reactive ketones (excluding diaryl/α,β-unsaturated/α-hetero) is 1. The summed E-state index contributed by atoms with van der Waals surface area (Å²) in [7, 11) is 0. The summed E-state index contributed by atoms with van der Waals surface area (Å²) in [5, 5.41) is 16.6. The van der Waals surface area contributed by atoms with Gasteiger partial charge in [0.25, 0.3) is 0 Å². The van der Waals surface area contributed by atoms with Gasteiger partial charge in [-0.2, -0.15) is 7.89 Å². The third kappa shape index (κ3) is 5.72. The fourth-order valence-corrected chi connectivity index (χ4v) is 4.17. The molecule has 0 atom stereocenters. The number of aromatic nitrogens is 5. The van der Waals surface area contributed by atoms with Crippen LogP contribution >= 0.6 is 38.8 Å². The van der Waals surface area contributed by atoms with E-state index >= 15 is 0 Å². The second-order valence-corrected chi connectivity index (χ2v) is 8.74. The molecule has 4 rings (SSSR count). The highest BCUT2D eigenvalue weighted by molar-refractivity contribution is 14.1. The van der Waals surface area contributed by atoms with Crippen molar-refractivity contribution >= 4 is 67.8 Å². The Hall–Kier alpha value is -3.01. The van der Waals surface area contributed by atoms with Gasteiger partial charge < -0.3 is 15.5 Å². The number of benzene rings is 1. The normalized spacial score (nSPS) is 14.7. The topological polar surface area (TPSA) is 130 Å². The van der Waals surface area contributed by atoms with Crippen LogP contribution in [0.15, 0.2) is 50.5 Å². The Labute approximate surface area is 215 Å². The lowest BCUT2D eigenvalue weighted by molar-refractivity contribution is -0.117. The highest BCUT2D eigenvalue weighted by atomic mass is 127. The van der Waals surface area contributed by atoms with Crippen molar-refractivity contribution in [3.63, 3.8) is 0 Å². The van der Waals surface area contributed by atoms with Gasteiger partial charge in [-0.05, 0) is 69.5 Å². The number of nitrogens with one attached hydrogen (secondary N) is 2. The van der Waals surface area contributed by atoms with E-state index in [0.29, 0.717) is 43.1 Å². The molecule has 11 nitrogen and oxygen atoms in total. The van der Waals surface area contributed by atoms with Crippen molar-refractivity contribution in [2.75, 3.05) is 23.7 Å². The van der Waals surface area contributed by atoms with E-state index in [1.165, 1.54) is 29.3 Å². The van der Waals surface area contributed by atoms with Crippen LogP contribution in [0.5, 0.6) is 0 Å². The molecule has 2 aromatic heterocycles. The van der Waals surface area contributed by atoms with Crippen molar-refractivity contribution in [3.8, 4) is 5.82 Å². The Morgan fingerprint density at radius 1 is 1.15 bits per heavy atom. The van der Waals surface area contributed by atoms with Crippen molar-refractivity contribution in [3.05, 3.63) is 53.1 Å². The number of piperidine rings is 1. The minimum atomic E-state index is -0.394. The van der Waals surface area contributed by atoms with Crippen LogP contribution in [0.2, 0.25) is 0 Å². The zero-order chi connectivity index (χ0) is 24.1. The average molecular weight is 642 g/mol. The largest absolute Gasteiger partial charge is 0.337 e. The number of amidine groups is 1. The third-order valence-corrected chi connectivity index (χ3v) is 6.33. The summed E-state index contributed by atoms with van der Waals surface area (Å²) < 4.78 is 19.2. The van der Waals surface area contributed by atoms with E-state index in [-0.39, 0.29) is 28.0 Å². The first kappa shape index (κ1) is 24.1. The van der Waals surface area contributed by atoms with Crippen LogP contribution in [0.1, 0.15) is 12.8 Å². The molecule has 0 radical (unpaired) electrons. The average Bonchev–Trinajstić information content (AvgIpc) is 3.40. The number of tetrazole rings is 1. The zero-order valence-corrected chi connectivity index (χ0v) is 21.3. The van der Waals surface area contributed by atoms with Gasteiger partial charge in [-0.3, -0.25) is 4.79 Å². The number of likely N-dealkylation sites (tertiary alicyclic amines) is 1. The first-order valence-corrected chi connectivity index (χ1v) is 11.9. The van der Waals surface area contributed by atoms with Crippen LogP contribution in [0.3, 0.4) is 0 Å². The van der Waals surface area contributed by atoms with E-state index in [1.54, 1.807) is 46.0 Å². The first-order valence-electron chi connectivity index (χ1n) is 10.1. The van der Waals surface area contributed by atoms with Gasteiger partial charge in [0, 0.05) is 24.7 Å². The standard InChI is InChI=1S/C20H18BrFIN9O2/c21-15-9-13(1-3-16(15)22)26-19(28-23)18(33)12-5-7-31(8-6-12)20(34)27-14-2-4-17(24-10-14)32-11-25-29-30-32/h1-4,9-12H,5-8H2,(H,26,28)(H,27,34). The van der Waals surface area contributed by atoms with Gasteiger partial charge in [0.1, 0.15) is 12.1 Å². The number of urea groups is 1. The molecule has 3 heterocycles. The molecule has 3 aromatic rings. The number of halogens is 3. The molecule has 0 spiro atoms. The Balaban J connectivity index is 1.30. The molecule has 1 aromatic carbocycles. The Morgan fingerprint density at radius 3 is 2.53 bits per heavy atom. The maximum absolute atomic E-state index is 13.5. The molecule has 2 N–H and O–H groups in total. The molecule has 14 heteroatoms. The number of anilines is 2. The number of ketones is 1. The van der Waals surface area contributed by atoms with Crippen molar-refractivity contribution in [2.24, 2.45) is 9.12 Å². The highest BCUT2D eigenvalue weighted by Gasteiger charge is 2.30. The SMILES string of the molecule is O=C(/C(=N/I)Nc1ccc(F)c(Br)c1)C1CCN(C(=O)Nc2ccc(-n3cnnn3)nc2)CC1. The number of carbonyl (C=O) groups excluding carboxylic acids is 2. The van der Waals surface area contributed by atoms with Crippen molar-refractivity contribution < 1.29 is 14.0 Å². The summed E-state index contributed by atoms with van der Waals surface area (Å²) in [5.74, 6) is -0.0920. The fraction of sp³-hybridized carbons (Fsp3) is 0.250. The molecule has 0 unspecified atom stereocenters. The van der Waals surface area contributed by atoms with E-state index in [9.17, 15) is 14.0 Å². The predicted octanol–water partition coefficient (Wildman–Crippen LogP) is 3.63. The van der Waals surface area contributed by atoms with Crippen LogP contribution in [0.25, 0.3) is 5.82 Å². The second kappa shape index (κ2) is 10.9. The van der Waals surface area contributed by atoms with Gasteiger partial charge in [0.05, 0.1) is 39.2 Å². The number of hydrogen-bond acceptors (Lipinski definition) is 7. The van der Waals surface area contributed by atoms with Gasteiger partial charge in [0.15, 0.2) is 11.7 Å². The molecule has 0 bridgehead atoms. The number of hydrogen-bond donors (Lipinski definition) is 2. The maximum atomic E-state index is 13.5. The van der Waals surface area contributed by atoms with E-state index < -0.39 is 5.82 Å². The second-order valence-electron chi connectivity index (χ2n) is 7.40. The van der Waals surface area contributed by atoms with Gasteiger partial charge >= 0.3 is 6.03 Å². The molecule has 176 valence electrons. The molecule has 34 heavy (non-hydrogen) atoms. The quantitative estimate of drug-likeness (QED) is 0.247. The van der Waals surface area contributed by atoms with Crippen molar-refractivity contribution in [1.29, 1.82) is 0 Å². The van der Waals surface area contributed by atoms with Gasteiger partial charge in [-0.15, -0.1) is 5.10 Å². The molecule has 1 fully saturated rings. The van der Waals surface area contributed by atoms with E-state index in [2.05, 4.69) is 50.3 Å². The molecular weight excluding hydrogens is 624 g/mol. The molecule has 0 aliphatic carbocycles. The molecule has 1 aliphatic heterocycles. The smallest absolute Gasteiger partial charge is 0.321 e. The summed E-state index contributed by atoms with van der Waals surface area (Å²) in [6, 6.07) is 7.51. The number of pyridine rings is 1. The van der Waals surface area contributed by atoms with Crippen molar-refractivity contribution in [1.82, 2.24) is 30.1 Å². The molecular formula is C20H18BrFIN9O2. The number of carbonyl (C=O) groups is 2. The third-order valence-electron chi connectivity index (χ3n) is 5.24. The van der Waals surface area contributed by atoms with Gasteiger partial charge in [-0.1, -0.05) is 0 Å². The molecule has 0 saturated carbocycles. The number of nitrogens with zero attached hydrogens (tertiary/aromatic N) is 7. The summed E-state index contributed by atoms with van der Waals surface area (Å²) >= 11 is 4.89. The molecule has 1 saturated heterocycles. The lowest BCUT2D eigenvalue weighted by atomic mass is 9.92. The van der Waals surface area contributed by atoms with E-state index in [1.807, 2.05) is 0 Å². The van der Waals surface area contributed by atoms with Gasteiger partial charge in [0.2, 0.25) is 5.78 Å². The van der Waals surface area contributed by atoms with Crippen LogP contribution in [0.4, 0.5) is 20.6 Å². The number of rotatable bonds is 5. The minimum Gasteiger partial charge on any atom is -0.337 e. The van der Waals surface area contributed by atoms with Crippen LogP contribution in [-0.4, -0.2) is 60.8 Å². The summed E-state index contributed by atoms with van der Waals surface area (Å²) in [4.78, 5) is 31.5. The summed E-state index contributed by atoms with van der Waals surface area (Å²) in [6.07, 6.45) is 3.96. The zero-order valence-electron chi connectivity index (χ0n) is 17.5. The number of amides is 2. The fourth-order valence-electron chi connectivity index (χ4n) is 3.44. The monoisotopic (exact) mass is 641 g/mol. The van der Waals surface area contributed by atoms with Crippen molar-refractivity contribution in [2.45, 2.75) is 12.8 Å². The van der Waals surface area contributed by atoms with Crippen LogP contribution in [-0.2, 0) is 4.79 Å². The predicted molar refractivity (Wildman–Crippen MR) is 134 cm³/mol. The first-order chi connectivity index (χ1) is 16.4. The van der Waals surface area contributed by atoms with Gasteiger partial charge in [-0.25, -0.2) is 14.2 Å². The van der Waals surface area contributed by atoms with Crippen LogP contribution < -0.4 is 10.6 Å². The Morgan fingerprint density at radius 2 is 1.91 bits per heavy atom. The summed E-state index contributed by atoms with van der Waals surface area (Å²) in [6.45, 7) is 0.851. The lowest BCUT2D eigenvalue weighted by Gasteiger charge is -2.31. The molecule has 1 aliphatic rings. The maximum Gasteiger partial charge on any atom is 0.321 e. The molecule has 2 amide bonds. The summed E-state index contributed by atoms with van der Waals surface area (Å²) in [5.41, 5.74) is 1.09. The lowest BCUT2D eigenvalue weighted by Crippen LogP contribution is -2.44. The van der Waals surface area contributed by atoms with E-state index in [0.717, 1.165) is 0 Å². The van der Waals surface area contributed by atoms with E-state index in [4.69, 9.17) is 0 Å². The Kier molecular flexibility index (Phi) is 7.77. The minimum absolute atomic E-state index is 0.141.